The van der Waals surface area contributed by atoms with Crippen LogP contribution in [0.4, 0.5) is 4.39 Å². The molecule has 1 heterocycles. The summed E-state index contributed by atoms with van der Waals surface area (Å²) < 4.78 is 19.0. The molecular formula is C21H15BrFNO4S. The minimum absolute atomic E-state index is 0.218. The first kappa shape index (κ1) is 20.9. The van der Waals surface area contributed by atoms with Gasteiger partial charge in [-0.25, -0.2) is 9.18 Å². The fourth-order valence-corrected chi connectivity index (χ4v) is 3.87. The molecule has 0 aliphatic rings. The van der Waals surface area contributed by atoms with Crippen molar-refractivity contribution in [3.63, 3.8) is 0 Å². The molecule has 0 spiro atoms. The smallest absolute Gasteiger partial charge is 0.331 e. The van der Waals surface area contributed by atoms with E-state index in [4.69, 9.17) is 4.74 Å². The molecule has 0 atom stereocenters. The molecule has 0 bridgehead atoms. The van der Waals surface area contributed by atoms with Crippen LogP contribution in [0.2, 0.25) is 0 Å². The summed E-state index contributed by atoms with van der Waals surface area (Å²) in [6, 6.07) is 14.7. The van der Waals surface area contributed by atoms with Crippen molar-refractivity contribution in [1.29, 1.82) is 0 Å². The zero-order chi connectivity index (χ0) is 21.0. The number of rotatable bonds is 6. The van der Waals surface area contributed by atoms with Gasteiger partial charge in [-0.3, -0.25) is 9.59 Å². The van der Waals surface area contributed by atoms with Crippen LogP contribution >= 0.6 is 27.3 Å². The zero-order valence-electron chi connectivity index (χ0n) is 15.2. The highest BCUT2D eigenvalue weighted by Gasteiger charge is 2.18. The van der Waals surface area contributed by atoms with E-state index in [-0.39, 0.29) is 24.0 Å². The van der Waals surface area contributed by atoms with Gasteiger partial charge in [0.1, 0.15) is 18.1 Å². The molecule has 0 unspecified atom stereocenters. The van der Waals surface area contributed by atoms with Gasteiger partial charge in [-0.1, -0.05) is 0 Å². The normalized spacial score (nSPS) is 10.4. The number of carbonyl (C=O) groups is 3. The van der Waals surface area contributed by atoms with E-state index in [1.165, 1.54) is 71.8 Å². The van der Waals surface area contributed by atoms with Gasteiger partial charge in [0.05, 0.1) is 8.66 Å². The first-order valence-electron chi connectivity index (χ1n) is 8.45. The third-order valence-electron chi connectivity index (χ3n) is 3.95. The number of hydrogen-bond acceptors (Lipinski definition) is 5. The molecule has 0 aliphatic carbocycles. The van der Waals surface area contributed by atoms with Crippen LogP contribution < -0.4 is 4.74 Å². The second-order valence-corrected chi connectivity index (χ2v) is 8.56. The van der Waals surface area contributed by atoms with E-state index in [1.54, 1.807) is 12.1 Å². The van der Waals surface area contributed by atoms with E-state index in [2.05, 4.69) is 15.9 Å². The maximum atomic E-state index is 13.0. The molecule has 0 N–H and O–H groups in total. The predicted octanol–water partition coefficient (Wildman–Crippen LogP) is 4.56. The molecule has 3 aromatic rings. The summed E-state index contributed by atoms with van der Waals surface area (Å²) in [4.78, 5) is 38.5. The van der Waals surface area contributed by atoms with Crippen LogP contribution in [0.5, 0.6) is 5.75 Å². The summed E-state index contributed by atoms with van der Waals surface area (Å²) in [6.45, 7) is -0.218. The number of carbonyl (C=O) groups excluding carboxylic acids is 3. The molecule has 0 radical (unpaired) electrons. The Bertz CT molecular complexity index is 1050. The van der Waals surface area contributed by atoms with Crippen molar-refractivity contribution >= 4 is 44.9 Å². The van der Waals surface area contributed by atoms with Crippen molar-refractivity contribution in [2.24, 2.45) is 0 Å². The molecule has 29 heavy (non-hydrogen) atoms. The number of hydrogen-bond donors (Lipinski definition) is 0. The van der Waals surface area contributed by atoms with Gasteiger partial charge in [0.15, 0.2) is 5.78 Å². The molecule has 1 aromatic heterocycles. The van der Waals surface area contributed by atoms with Crippen LogP contribution in [0, 0.1) is 5.82 Å². The fraction of sp³-hybridized carbons (Fsp3) is 0.0952. The maximum absolute atomic E-state index is 13.0. The quantitative estimate of drug-likeness (QED) is 0.297. The van der Waals surface area contributed by atoms with Gasteiger partial charge in [0, 0.05) is 18.2 Å². The molecule has 0 saturated heterocycles. The molecule has 0 fully saturated rings. The van der Waals surface area contributed by atoms with Crippen LogP contribution in [-0.4, -0.2) is 36.2 Å². The number of ketones is 1. The van der Waals surface area contributed by atoms with Gasteiger partial charge in [0.2, 0.25) is 0 Å². The third kappa shape index (κ3) is 5.36. The molecule has 5 nitrogen and oxygen atoms in total. The molecule has 8 heteroatoms. The van der Waals surface area contributed by atoms with Gasteiger partial charge < -0.3 is 9.64 Å². The first-order valence-corrected chi connectivity index (χ1v) is 10.1. The van der Waals surface area contributed by atoms with Crippen molar-refractivity contribution in [3.05, 3.63) is 86.3 Å². The van der Waals surface area contributed by atoms with E-state index in [0.29, 0.717) is 16.0 Å². The number of thiophene rings is 1. The van der Waals surface area contributed by atoms with E-state index in [9.17, 15) is 18.8 Å². The number of ether oxygens (including phenoxy) is 1. The number of likely N-dealkylation sites (N-methyl/N-ethyl adjacent to an activating group) is 1. The second-order valence-electron chi connectivity index (χ2n) is 6.10. The van der Waals surface area contributed by atoms with E-state index in [1.807, 2.05) is 0 Å². The Kier molecular flexibility index (Phi) is 6.56. The molecular weight excluding hydrogens is 461 g/mol. The fourth-order valence-electron chi connectivity index (χ4n) is 2.49. The highest BCUT2D eigenvalue weighted by molar-refractivity contribution is 9.11. The number of benzene rings is 2. The van der Waals surface area contributed by atoms with E-state index >= 15 is 0 Å². The summed E-state index contributed by atoms with van der Waals surface area (Å²) in [5, 5.41) is 0. The Labute approximate surface area is 178 Å². The van der Waals surface area contributed by atoms with Gasteiger partial charge in [-0.2, -0.15) is 0 Å². The van der Waals surface area contributed by atoms with Crippen molar-refractivity contribution in [3.8, 4) is 5.75 Å². The maximum Gasteiger partial charge on any atom is 0.331 e. The summed E-state index contributed by atoms with van der Waals surface area (Å²) >= 11 is 4.57. The monoisotopic (exact) mass is 475 g/mol. The Morgan fingerprint density at radius 2 is 1.55 bits per heavy atom. The Balaban J connectivity index is 1.59. The third-order valence-corrected chi connectivity index (χ3v) is 5.56. The molecule has 2 aromatic carbocycles. The van der Waals surface area contributed by atoms with Gasteiger partial charge in [-0.05, 0) is 76.6 Å². The topological polar surface area (TPSA) is 63.7 Å². The lowest BCUT2D eigenvalue weighted by Crippen LogP contribution is -2.33. The SMILES string of the molecule is CN(CC(=O)Oc1ccc(C(=O)c2ccc(F)cc2)cc1)C(=O)c1ccc(Br)s1. The van der Waals surface area contributed by atoms with Gasteiger partial charge in [0.25, 0.3) is 5.91 Å². The van der Waals surface area contributed by atoms with Crippen LogP contribution in [-0.2, 0) is 4.79 Å². The van der Waals surface area contributed by atoms with Gasteiger partial charge in [-0.15, -0.1) is 11.3 Å². The summed E-state index contributed by atoms with van der Waals surface area (Å²) in [5.41, 5.74) is 0.739. The number of halogens is 2. The number of amides is 1. The largest absolute Gasteiger partial charge is 0.425 e. The Morgan fingerprint density at radius 3 is 2.10 bits per heavy atom. The van der Waals surface area contributed by atoms with Crippen LogP contribution in [0.1, 0.15) is 25.6 Å². The highest BCUT2D eigenvalue weighted by Crippen LogP contribution is 2.23. The van der Waals surface area contributed by atoms with Crippen LogP contribution in [0.3, 0.4) is 0 Å². The Morgan fingerprint density at radius 1 is 0.966 bits per heavy atom. The lowest BCUT2D eigenvalue weighted by atomic mass is 10.0. The van der Waals surface area contributed by atoms with Crippen molar-refractivity contribution in [2.75, 3.05) is 13.6 Å². The number of nitrogens with zero attached hydrogens (tertiary/aromatic N) is 1. The van der Waals surface area contributed by atoms with Gasteiger partial charge >= 0.3 is 5.97 Å². The average Bonchev–Trinajstić information content (AvgIpc) is 3.14. The minimum atomic E-state index is -0.603. The summed E-state index contributed by atoms with van der Waals surface area (Å²) in [7, 11) is 1.52. The molecule has 148 valence electrons. The predicted molar refractivity (Wildman–Crippen MR) is 111 cm³/mol. The first-order chi connectivity index (χ1) is 13.8. The zero-order valence-corrected chi connectivity index (χ0v) is 17.6. The standard InChI is InChI=1S/C21H15BrFNO4S/c1-24(21(27)17-10-11-18(22)29-17)12-19(25)28-16-8-4-14(5-9-16)20(26)13-2-6-15(23)7-3-13/h2-11H,12H2,1H3. The van der Waals surface area contributed by atoms with Crippen LogP contribution in [0.25, 0.3) is 0 Å². The highest BCUT2D eigenvalue weighted by atomic mass is 79.9. The molecule has 0 saturated carbocycles. The summed E-state index contributed by atoms with van der Waals surface area (Å²) in [6.07, 6.45) is 0. The molecule has 0 aliphatic heterocycles. The van der Waals surface area contributed by atoms with Crippen LogP contribution in [0.15, 0.2) is 64.5 Å². The second kappa shape index (κ2) is 9.11. The average molecular weight is 476 g/mol. The lowest BCUT2D eigenvalue weighted by Gasteiger charge is -2.15. The minimum Gasteiger partial charge on any atom is -0.425 e. The lowest BCUT2D eigenvalue weighted by molar-refractivity contribution is -0.134. The van der Waals surface area contributed by atoms with Crippen molar-refractivity contribution < 1.29 is 23.5 Å². The Hall–Kier alpha value is -2.84. The molecule has 1 amide bonds. The van der Waals surface area contributed by atoms with E-state index < -0.39 is 11.8 Å². The summed E-state index contributed by atoms with van der Waals surface area (Å²) in [5.74, 6) is -1.31. The van der Waals surface area contributed by atoms with Crippen molar-refractivity contribution in [1.82, 2.24) is 4.90 Å². The molecule has 3 rings (SSSR count). The van der Waals surface area contributed by atoms with Crippen molar-refractivity contribution in [2.45, 2.75) is 0 Å². The number of esters is 1. The van der Waals surface area contributed by atoms with E-state index in [0.717, 1.165) is 3.79 Å².